The van der Waals surface area contributed by atoms with Gasteiger partial charge in [-0.25, -0.2) is 0 Å². The van der Waals surface area contributed by atoms with Gasteiger partial charge in [0.25, 0.3) is 0 Å². The smallest absolute Gasteiger partial charge is 0.222 e. The van der Waals surface area contributed by atoms with E-state index in [4.69, 9.17) is 0 Å². The van der Waals surface area contributed by atoms with Crippen LogP contribution in [0.25, 0.3) is 0 Å². The predicted octanol–water partition coefficient (Wildman–Crippen LogP) is 3.44. The Hall–Kier alpha value is -0.570. The molecule has 20 heavy (non-hydrogen) atoms. The summed E-state index contributed by atoms with van der Waals surface area (Å²) >= 11 is 0. The number of carbonyl (C=O) groups is 1. The number of carbonyl (C=O) groups excluding carboxylic acids is 1. The molecule has 1 heterocycles. The molecule has 1 rings (SSSR count). The zero-order valence-electron chi connectivity index (χ0n) is 14.2. The third-order valence-corrected chi connectivity index (χ3v) is 4.91. The van der Waals surface area contributed by atoms with E-state index < -0.39 is 0 Å². The van der Waals surface area contributed by atoms with Crippen LogP contribution in [0, 0.1) is 11.3 Å². The van der Waals surface area contributed by atoms with Gasteiger partial charge in [-0.05, 0) is 50.5 Å². The van der Waals surface area contributed by atoms with Gasteiger partial charge in [-0.3, -0.25) is 4.79 Å². The van der Waals surface area contributed by atoms with Crippen LogP contribution < -0.4 is 5.32 Å². The molecule has 2 atom stereocenters. The lowest BCUT2D eigenvalue weighted by molar-refractivity contribution is -0.130. The van der Waals surface area contributed by atoms with E-state index >= 15 is 0 Å². The zero-order chi connectivity index (χ0) is 15.2. The van der Waals surface area contributed by atoms with Crippen LogP contribution in [0.15, 0.2) is 0 Å². The average molecular weight is 282 g/mol. The lowest BCUT2D eigenvalue weighted by Crippen LogP contribution is -2.33. The molecule has 1 N–H and O–H groups in total. The van der Waals surface area contributed by atoms with Gasteiger partial charge in [0, 0.05) is 25.6 Å². The van der Waals surface area contributed by atoms with Gasteiger partial charge < -0.3 is 10.2 Å². The first-order valence-electron chi connectivity index (χ1n) is 8.33. The first-order chi connectivity index (χ1) is 9.38. The quantitative estimate of drug-likeness (QED) is 0.809. The van der Waals surface area contributed by atoms with Crippen LogP contribution in [0.1, 0.15) is 66.2 Å². The van der Waals surface area contributed by atoms with E-state index in [-0.39, 0.29) is 0 Å². The Balaban J connectivity index is 2.41. The van der Waals surface area contributed by atoms with Gasteiger partial charge in [-0.15, -0.1) is 0 Å². The Morgan fingerprint density at radius 3 is 2.60 bits per heavy atom. The molecule has 3 heteroatoms. The standard InChI is InChI=1S/C17H34N2O/c1-6-15(18-5)8-7-12-19-13-11-14(17(2,3)4)9-10-16(19)20/h14-15,18H,6-13H2,1-5H3. The van der Waals surface area contributed by atoms with E-state index in [1.165, 1.54) is 12.8 Å². The van der Waals surface area contributed by atoms with Crippen molar-refractivity contribution in [1.29, 1.82) is 0 Å². The van der Waals surface area contributed by atoms with Gasteiger partial charge in [0.2, 0.25) is 5.91 Å². The maximum absolute atomic E-state index is 12.2. The topological polar surface area (TPSA) is 32.3 Å². The molecule has 118 valence electrons. The summed E-state index contributed by atoms with van der Waals surface area (Å²) < 4.78 is 0. The number of hydrogen-bond acceptors (Lipinski definition) is 2. The average Bonchev–Trinajstić information content (AvgIpc) is 2.57. The Morgan fingerprint density at radius 2 is 2.05 bits per heavy atom. The second kappa shape index (κ2) is 8.02. The van der Waals surface area contributed by atoms with Crippen LogP contribution in [0.4, 0.5) is 0 Å². The Morgan fingerprint density at radius 1 is 1.35 bits per heavy atom. The lowest BCUT2D eigenvalue weighted by Gasteiger charge is -2.29. The molecule has 0 radical (unpaired) electrons. The third-order valence-electron chi connectivity index (χ3n) is 4.91. The minimum atomic E-state index is 0.329. The number of nitrogens with one attached hydrogen (secondary N) is 1. The molecule has 0 aliphatic carbocycles. The van der Waals surface area contributed by atoms with Crippen molar-refractivity contribution in [2.75, 3.05) is 20.1 Å². The van der Waals surface area contributed by atoms with Crippen LogP contribution in [-0.2, 0) is 4.79 Å². The van der Waals surface area contributed by atoms with E-state index in [1.807, 2.05) is 7.05 Å². The molecule has 1 saturated heterocycles. The highest BCUT2D eigenvalue weighted by atomic mass is 16.2. The molecule has 0 aromatic heterocycles. The SMILES string of the molecule is CCC(CCCN1CCC(C(C)(C)C)CCC1=O)NC. The Bertz CT molecular complexity index is 292. The van der Waals surface area contributed by atoms with E-state index in [0.717, 1.165) is 38.8 Å². The first kappa shape index (κ1) is 17.5. The number of rotatable bonds is 6. The number of likely N-dealkylation sites (tertiary alicyclic amines) is 1. The fraction of sp³-hybridized carbons (Fsp3) is 0.941. The monoisotopic (exact) mass is 282 g/mol. The Kier molecular flexibility index (Phi) is 7.01. The predicted molar refractivity (Wildman–Crippen MR) is 85.7 cm³/mol. The molecule has 0 spiro atoms. The van der Waals surface area contributed by atoms with Gasteiger partial charge >= 0.3 is 0 Å². The molecular formula is C17H34N2O. The van der Waals surface area contributed by atoms with Crippen molar-refractivity contribution in [3.63, 3.8) is 0 Å². The summed E-state index contributed by atoms with van der Waals surface area (Å²) in [6.07, 6.45) is 6.41. The van der Waals surface area contributed by atoms with Crippen molar-refractivity contribution in [2.24, 2.45) is 11.3 Å². The van der Waals surface area contributed by atoms with Gasteiger partial charge in [-0.1, -0.05) is 27.7 Å². The summed E-state index contributed by atoms with van der Waals surface area (Å²) in [7, 11) is 2.03. The fourth-order valence-corrected chi connectivity index (χ4v) is 3.22. The van der Waals surface area contributed by atoms with Gasteiger partial charge in [0.1, 0.15) is 0 Å². The van der Waals surface area contributed by atoms with Crippen LogP contribution in [0.5, 0.6) is 0 Å². The van der Waals surface area contributed by atoms with Gasteiger partial charge in [0.05, 0.1) is 0 Å². The van der Waals surface area contributed by atoms with Crippen molar-refractivity contribution >= 4 is 5.91 Å². The molecule has 3 nitrogen and oxygen atoms in total. The normalized spacial score (nSPS) is 22.8. The first-order valence-corrected chi connectivity index (χ1v) is 8.33. The molecule has 0 aromatic carbocycles. The number of nitrogens with zero attached hydrogens (tertiary/aromatic N) is 1. The molecule has 1 fully saturated rings. The van der Waals surface area contributed by atoms with Crippen molar-refractivity contribution in [1.82, 2.24) is 10.2 Å². The molecule has 1 aliphatic rings. The fourth-order valence-electron chi connectivity index (χ4n) is 3.22. The van der Waals surface area contributed by atoms with Gasteiger partial charge in [-0.2, -0.15) is 0 Å². The lowest BCUT2D eigenvalue weighted by atomic mass is 9.77. The number of amides is 1. The highest BCUT2D eigenvalue weighted by Crippen LogP contribution is 2.34. The van der Waals surface area contributed by atoms with Gasteiger partial charge in [0.15, 0.2) is 0 Å². The van der Waals surface area contributed by atoms with Crippen LogP contribution >= 0.6 is 0 Å². The summed E-state index contributed by atoms with van der Waals surface area (Å²) in [6, 6.07) is 0.597. The van der Waals surface area contributed by atoms with Crippen molar-refractivity contribution in [2.45, 2.75) is 72.3 Å². The van der Waals surface area contributed by atoms with E-state index in [1.54, 1.807) is 0 Å². The van der Waals surface area contributed by atoms with Crippen molar-refractivity contribution < 1.29 is 4.79 Å². The molecule has 1 aliphatic heterocycles. The maximum atomic E-state index is 12.2. The maximum Gasteiger partial charge on any atom is 0.222 e. The Labute approximate surface area is 125 Å². The second-order valence-corrected chi connectivity index (χ2v) is 7.31. The molecular weight excluding hydrogens is 248 g/mol. The summed E-state index contributed by atoms with van der Waals surface area (Å²) in [5.41, 5.74) is 0.329. The second-order valence-electron chi connectivity index (χ2n) is 7.31. The molecule has 0 aromatic rings. The van der Waals surface area contributed by atoms with Crippen molar-refractivity contribution in [3.05, 3.63) is 0 Å². The molecule has 1 amide bonds. The van der Waals surface area contributed by atoms with Crippen LogP contribution in [-0.4, -0.2) is 37.0 Å². The van der Waals surface area contributed by atoms with Crippen molar-refractivity contribution in [3.8, 4) is 0 Å². The summed E-state index contributed by atoms with van der Waals surface area (Å²) in [5.74, 6) is 1.05. The number of hydrogen-bond donors (Lipinski definition) is 1. The molecule has 2 unspecified atom stereocenters. The summed E-state index contributed by atoms with van der Waals surface area (Å²) in [4.78, 5) is 14.3. The summed E-state index contributed by atoms with van der Waals surface area (Å²) in [6.45, 7) is 11.0. The molecule has 0 bridgehead atoms. The van der Waals surface area contributed by atoms with Crippen LogP contribution in [0.2, 0.25) is 0 Å². The highest BCUT2D eigenvalue weighted by Gasteiger charge is 2.29. The summed E-state index contributed by atoms with van der Waals surface area (Å²) in [5, 5.41) is 3.34. The molecule has 0 saturated carbocycles. The highest BCUT2D eigenvalue weighted by molar-refractivity contribution is 5.76. The third kappa shape index (κ3) is 5.43. The van der Waals surface area contributed by atoms with E-state index in [0.29, 0.717) is 23.3 Å². The zero-order valence-corrected chi connectivity index (χ0v) is 14.2. The minimum Gasteiger partial charge on any atom is -0.343 e. The van der Waals surface area contributed by atoms with E-state index in [2.05, 4.69) is 37.9 Å². The van der Waals surface area contributed by atoms with E-state index in [9.17, 15) is 4.79 Å². The minimum absolute atomic E-state index is 0.329. The van der Waals surface area contributed by atoms with Crippen LogP contribution in [0.3, 0.4) is 0 Å². The largest absolute Gasteiger partial charge is 0.343 e.